The monoisotopic (exact) mass is 287 g/mol. The molecule has 1 aliphatic rings. The van der Waals surface area contributed by atoms with Gasteiger partial charge in [0.2, 0.25) is 0 Å². The van der Waals surface area contributed by atoms with E-state index in [0.717, 1.165) is 0 Å². The molecule has 0 bridgehead atoms. The van der Waals surface area contributed by atoms with Crippen LogP contribution in [0.4, 0.5) is 0 Å². The van der Waals surface area contributed by atoms with Gasteiger partial charge in [0.25, 0.3) is 0 Å². The number of nitrogens with one attached hydrogen (secondary N) is 1. The molecule has 0 radical (unpaired) electrons. The van der Waals surface area contributed by atoms with E-state index in [0.29, 0.717) is 6.04 Å². The molecule has 21 heavy (non-hydrogen) atoms. The zero-order valence-corrected chi connectivity index (χ0v) is 14.1. The molecule has 2 rings (SSSR count). The van der Waals surface area contributed by atoms with E-state index in [-0.39, 0.29) is 0 Å². The highest BCUT2D eigenvalue weighted by molar-refractivity contribution is 5.35. The van der Waals surface area contributed by atoms with Crippen LogP contribution in [0.2, 0.25) is 0 Å². The molecule has 1 aromatic carbocycles. The number of rotatable bonds is 10. The number of unbranched alkanes of at least 4 members (excludes halogenated alkanes) is 5. The second-order valence-electron chi connectivity index (χ2n) is 6.70. The Morgan fingerprint density at radius 3 is 2.57 bits per heavy atom. The minimum Gasteiger partial charge on any atom is -0.317 e. The van der Waals surface area contributed by atoms with Crippen LogP contribution in [0.5, 0.6) is 0 Å². The Kier molecular flexibility index (Phi) is 7.29. The summed E-state index contributed by atoms with van der Waals surface area (Å²) in [5.41, 5.74) is 4.73. The first-order valence-corrected chi connectivity index (χ1v) is 9.11. The first kappa shape index (κ1) is 16.5. The topological polar surface area (TPSA) is 12.0 Å². The molecule has 1 N–H and O–H groups in total. The van der Waals surface area contributed by atoms with Gasteiger partial charge in [0.05, 0.1) is 0 Å². The van der Waals surface area contributed by atoms with E-state index in [4.69, 9.17) is 0 Å². The number of hydrogen-bond acceptors (Lipinski definition) is 1. The predicted octanol–water partition coefficient (Wildman–Crippen LogP) is 5.06. The van der Waals surface area contributed by atoms with E-state index in [1.54, 1.807) is 11.1 Å². The van der Waals surface area contributed by atoms with Crippen LogP contribution in [-0.2, 0) is 19.3 Å². The van der Waals surface area contributed by atoms with Gasteiger partial charge < -0.3 is 5.32 Å². The number of hydrogen-bond donors (Lipinski definition) is 1. The van der Waals surface area contributed by atoms with Crippen LogP contribution in [0, 0.1) is 0 Å². The van der Waals surface area contributed by atoms with E-state index in [2.05, 4.69) is 37.5 Å². The third-order valence-corrected chi connectivity index (χ3v) is 4.96. The molecule has 1 aromatic rings. The first-order chi connectivity index (χ1) is 10.3. The molecule has 0 amide bonds. The Balaban J connectivity index is 1.71. The number of likely N-dealkylation sites (N-methyl/N-ethyl adjacent to an activating group) is 1. The van der Waals surface area contributed by atoms with Crippen molar-refractivity contribution in [2.75, 3.05) is 7.05 Å². The highest BCUT2D eigenvalue weighted by atomic mass is 14.9. The average molecular weight is 287 g/mol. The molecule has 1 unspecified atom stereocenters. The lowest BCUT2D eigenvalue weighted by atomic mass is 9.97. The van der Waals surface area contributed by atoms with Crippen LogP contribution in [0.25, 0.3) is 0 Å². The van der Waals surface area contributed by atoms with E-state index in [9.17, 15) is 0 Å². The summed E-state index contributed by atoms with van der Waals surface area (Å²) in [6.45, 7) is 2.29. The molecule has 0 spiro atoms. The maximum atomic E-state index is 3.52. The van der Waals surface area contributed by atoms with Crippen molar-refractivity contribution in [2.24, 2.45) is 0 Å². The lowest BCUT2D eigenvalue weighted by Crippen LogP contribution is -2.27. The fourth-order valence-corrected chi connectivity index (χ4v) is 3.56. The second-order valence-corrected chi connectivity index (χ2v) is 6.70. The minimum atomic E-state index is 0.649. The number of fused-ring (bicyclic) bond motifs is 1. The molecule has 0 heterocycles. The van der Waals surface area contributed by atoms with E-state index in [1.165, 1.54) is 76.2 Å². The summed E-state index contributed by atoms with van der Waals surface area (Å²) < 4.78 is 0. The standard InChI is InChI=1S/C20H33N/c1-3-4-5-6-7-8-12-20(21-2)16-17-13-14-18-10-9-11-19(18)15-17/h13-15,20-21H,3-12,16H2,1-2H3. The molecule has 1 atom stereocenters. The minimum absolute atomic E-state index is 0.649. The molecule has 0 saturated heterocycles. The van der Waals surface area contributed by atoms with Crippen molar-refractivity contribution in [3.05, 3.63) is 34.9 Å². The van der Waals surface area contributed by atoms with Crippen LogP contribution in [-0.4, -0.2) is 13.1 Å². The van der Waals surface area contributed by atoms with Crippen molar-refractivity contribution >= 4 is 0 Å². The van der Waals surface area contributed by atoms with Crippen LogP contribution >= 0.6 is 0 Å². The Labute approximate surface area is 131 Å². The second kappa shape index (κ2) is 9.25. The normalized spacial score (nSPS) is 15.1. The zero-order chi connectivity index (χ0) is 14.9. The highest BCUT2D eigenvalue weighted by Crippen LogP contribution is 2.23. The van der Waals surface area contributed by atoms with Gasteiger partial charge in [0.15, 0.2) is 0 Å². The molecule has 0 saturated carbocycles. The van der Waals surface area contributed by atoms with E-state index >= 15 is 0 Å². The van der Waals surface area contributed by atoms with Gasteiger partial charge in [-0.05, 0) is 55.8 Å². The molecular formula is C20H33N. The highest BCUT2D eigenvalue weighted by Gasteiger charge is 2.13. The van der Waals surface area contributed by atoms with Crippen LogP contribution < -0.4 is 5.32 Å². The molecule has 1 nitrogen and oxygen atoms in total. The van der Waals surface area contributed by atoms with E-state index in [1.807, 2.05) is 0 Å². The van der Waals surface area contributed by atoms with Crippen molar-refractivity contribution in [3.8, 4) is 0 Å². The van der Waals surface area contributed by atoms with Gasteiger partial charge >= 0.3 is 0 Å². The Morgan fingerprint density at radius 1 is 1.00 bits per heavy atom. The van der Waals surface area contributed by atoms with Gasteiger partial charge in [-0.3, -0.25) is 0 Å². The zero-order valence-electron chi connectivity index (χ0n) is 14.1. The third-order valence-electron chi connectivity index (χ3n) is 4.96. The summed E-state index contributed by atoms with van der Waals surface area (Å²) in [7, 11) is 2.12. The predicted molar refractivity (Wildman–Crippen MR) is 93.0 cm³/mol. The summed E-state index contributed by atoms with van der Waals surface area (Å²) in [4.78, 5) is 0. The van der Waals surface area contributed by atoms with Gasteiger partial charge in [0, 0.05) is 6.04 Å². The maximum Gasteiger partial charge on any atom is 0.0104 e. The lowest BCUT2D eigenvalue weighted by molar-refractivity contribution is 0.480. The summed E-state index contributed by atoms with van der Waals surface area (Å²) in [5, 5.41) is 3.52. The molecule has 0 fully saturated rings. The molecular weight excluding hydrogens is 254 g/mol. The fourth-order valence-electron chi connectivity index (χ4n) is 3.56. The Hall–Kier alpha value is -0.820. The largest absolute Gasteiger partial charge is 0.317 e. The summed E-state index contributed by atoms with van der Waals surface area (Å²) in [5.74, 6) is 0. The van der Waals surface area contributed by atoms with Crippen LogP contribution in [0.1, 0.15) is 75.0 Å². The van der Waals surface area contributed by atoms with Gasteiger partial charge in [-0.2, -0.15) is 0 Å². The Bertz CT molecular complexity index is 410. The van der Waals surface area contributed by atoms with Gasteiger partial charge in [-0.25, -0.2) is 0 Å². The van der Waals surface area contributed by atoms with E-state index < -0.39 is 0 Å². The summed E-state index contributed by atoms with van der Waals surface area (Å²) >= 11 is 0. The van der Waals surface area contributed by atoms with Gasteiger partial charge in [-0.15, -0.1) is 0 Å². The molecule has 0 aliphatic heterocycles. The van der Waals surface area contributed by atoms with Crippen molar-refractivity contribution in [3.63, 3.8) is 0 Å². The number of benzene rings is 1. The fraction of sp³-hybridized carbons (Fsp3) is 0.700. The third kappa shape index (κ3) is 5.47. The van der Waals surface area contributed by atoms with Crippen LogP contribution in [0.3, 0.4) is 0 Å². The average Bonchev–Trinajstić information content (AvgIpc) is 2.97. The van der Waals surface area contributed by atoms with Crippen molar-refractivity contribution < 1.29 is 0 Å². The van der Waals surface area contributed by atoms with Crippen molar-refractivity contribution in [1.29, 1.82) is 0 Å². The van der Waals surface area contributed by atoms with Crippen molar-refractivity contribution in [2.45, 2.75) is 83.6 Å². The Morgan fingerprint density at radius 2 is 1.76 bits per heavy atom. The lowest BCUT2D eigenvalue weighted by Gasteiger charge is -2.17. The first-order valence-electron chi connectivity index (χ1n) is 9.11. The maximum absolute atomic E-state index is 3.52. The summed E-state index contributed by atoms with van der Waals surface area (Å²) in [6, 6.07) is 7.84. The molecule has 1 aliphatic carbocycles. The molecule has 118 valence electrons. The molecule has 1 heteroatoms. The smallest absolute Gasteiger partial charge is 0.0104 e. The summed E-state index contributed by atoms with van der Waals surface area (Å²) in [6.07, 6.45) is 14.8. The van der Waals surface area contributed by atoms with Gasteiger partial charge in [0.1, 0.15) is 0 Å². The van der Waals surface area contributed by atoms with Crippen molar-refractivity contribution in [1.82, 2.24) is 5.32 Å². The SMILES string of the molecule is CCCCCCCCC(Cc1ccc2c(c1)CCC2)NC. The van der Waals surface area contributed by atoms with Crippen LogP contribution in [0.15, 0.2) is 18.2 Å². The quantitative estimate of drug-likeness (QED) is 0.593. The molecule has 0 aromatic heterocycles. The number of aryl methyl sites for hydroxylation is 2. The van der Waals surface area contributed by atoms with Gasteiger partial charge in [-0.1, -0.05) is 63.6 Å².